The minimum Gasteiger partial charge on any atom is -0.481 e. The van der Waals surface area contributed by atoms with Crippen LogP contribution in [0.4, 0.5) is 0 Å². The number of pyridine rings is 2. The maximum Gasteiger partial charge on any atom is 0.321 e. The molecule has 2 unspecified atom stereocenters. The summed E-state index contributed by atoms with van der Waals surface area (Å²) in [6.45, 7) is 6.33. The zero-order valence-corrected chi connectivity index (χ0v) is 27.2. The Labute approximate surface area is 296 Å². The zero-order valence-electron chi connectivity index (χ0n) is 25.5. The number of aromatic nitrogens is 5. The molecule has 1 saturated heterocycles. The molecule has 255 valence electrons. The van der Waals surface area contributed by atoms with Crippen LogP contribution in [0.15, 0.2) is 42.6 Å². The van der Waals surface area contributed by atoms with Gasteiger partial charge in [0.25, 0.3) is 0 Å². The molecule has 16 heteroatoms. The Hall–Kier alpha value is -3.08. The second kappa shape index (κ2) is 16.7. The number of carboxylic acids is 3. The van der Waals surface area contributed by atoms with Gasteiger partial charge in [-0.25, -0.2) is 9.67 Å². The number of nitrogens with zero attached hydrogens (tertiary/aromatic N) is 9. The van der Waals surface area contributed by atoms with E-state index < -0.39 is 36.4 Å². The molecule has 0 spiro atoms. The summed E-state index contributed by atoms with van der Waals surface area (Å²) in [6.07, 6.45) is 1.15. The van der Waals surface area contributed by atoms with Crippen molar-refractivity contribution < 1.29 is 66.6 Å². The molecule has 3 aromatic heterocycles. The molecule has 6 rings (SSSR count). The minimum atomic E-state index is -1.20. The Morgan fingerprint density at radius 1 is 0.739 bits per heavy atom. The quantitative estimate of drug-likeness (QED) is 0.312. The summed E-state index contributed by atoms with van der Waals surface area (Å²) < 4.78 is 1.78. The fourth-order valence-corrected chi connectivity index (χ4v) is 5.84. The van der Waals surface area contributed by atoms with Crippen molar-refractivity contribution in [3.63, 3.8) is 0 Å². The molecule has 0 aromatic carbocycles. The van der Waals surface area contributed by atoms with Gasteiger partial charge in [-0.3, -0.25) is 39.0 Å². The zero-order chi connectivity index (χ0) is 31.9. The van der Waals surface area contributed by atoms with Crippen LogP contribution in [0.2, 0.25) is 0 Å². The average molecular weight is 797 g/mol. The molecule has 1 fully saturated rings. The summed E-state index contributed by atoms with van der Waals surface area (Å²) in [7, 11) is 0. The third kappa shape index (κ3) is 9.49. The van der Waals surface area contributed by atoms with Crippen molar-refractivity contribution in [2.75, 3.05) is 52.4 Å². The van der Waals surface area contributed by atoms with E-state index >= 15 is 0 Å². The summed E-state index contributed by atoms with van der Waals surface area (Å²) in [5.41, 5.74) is 3.77. The SMILES string of the molecule is C[C@H](C(=O)O)N1CCN2CCN([C@H](CC(=O)O)C(=O)O)CCN(CC1)Cc1cccc(n1)-c1cnnn1Cc1cccc(n1)C2.[Lu]. The van der Waals surface area contributed by atoms with E-state index in [0.29, 0.717) is 77.7 Å². The van der Waals surface area contributed by atoms with Gasteiger partial charge in [-0.15, -0.1) is 5.10 Å². The largest absolute Gasteiger partial charge is 0.481 e. The van der Waals surface area contributed by atoms with E-state index in [1.165, 1.54) is 0 Å². The van der Waals surface area contributed by atoms with Crippen molar-refractivity contribution in [2.24, 2.45) is 0 Å². The van der Waals surface area contributed by atoms with E-state index in [9.17, 15) is 29.7 Å². The molecule has 0 saturated carbocycles. The molecule has 3 aromatic rings. The molecule has 3 N–H and O–H groups in total. The molecular weight excluding hydrogens is 757 g/mol. The number of carboxylic acid groups (broad SMARTS) is 3. The number of rotatable bonds is 6. The third-order valence-corrected chi connectivity index (χ3v) is 8.45. The summed E-state index contributed by atoms with van der Waals surface area (Å²) in [5, 5.41) is 37.9. The van der Waals surface area contributed by atoms with Crippen molar-refractivity contribution in [3.05, 3.63) is 59.7 Å². The molecule has 1 radical (unpaired) electrons. The van der Waals surface area contributed by atoms with E-state index in [4.69, 9.17) is 9.97 Å². The van der Waals surface area contributed by atoms with Crippen LogP contribution < -0.4 is 0 Å². The number of hydrogen-bond acceptors (Lipinski definition) is 11. The van der Waals surface area contributed by atoms with Gasteiger partial charge in [0.15, 0.2) is 0 Å². The Bertz CT molecular complexity index is 1510. The Kier molecular flexibility index (Phi) is 13.0. The second-order valence-electron chi connectivity index (χ2n) is 11.5. The monoisotopic (exact) mass is 796 g/mol. The fraction of sp³-hybridized carbons (Fsp3) is 0.500. The number of fused-ring (bicyclic) bond motifs is 8. The van der Waals surface area contributed by atoms with Gasteiger partial charge in [0.05, 0.1) is 41.9 Å². The Morgan fingerprint density at radius 3 is 1.85 bits per heavy atom. The molecule has 15 nitrogen and oxygen atoms in total. The predicted octanol–water partition coefficient (Wildman–Crippen LogP) is 0.420. The minimum absolute atomic E-state index is 0. The molecule has 46 heavy (non-hydrogen) atoms. The van der Waals surface area contributed by atoms with Crippen molar-refractivity contribution >= 4 is 17.9 Å². The maximum atomic E-state index is 12.3. The number of carbonyl (C=O) groups is 3. The molecule has 6 bridgehead atoms. The first-order valence-corrected chi connectivity index (χ1v) is 15.1. The first-order chi connectivity index (χ1) is 21.7. The van der Waals surface area contributed by atoms with Crippen LogP contribution in [-0.2, 0) is 34.0 Å². The van der Waals surface area contributed by atoms with Crippen LogP contribution in [0, 0.1) is 36.9 Å². The summed E-state index contributed by atoms with van der Waals surface area (Å²) in [5.74, 6) is -3.26. The molecule has 4 atom stereocenters. The predicted molar refractivity (Wildman–Crippen MR) is 161 cm³/mol. The molecule has 6 heterocycles. The van der Waals surface area contributed by atoms with Crippen LogP contribution in [0.25, 0.3) is 11.4 Å². The van der Waals surface area contributed by atoms with Crippen molar-refractivity contribution in [1.82, 2.24) is 44.6 Å². The second-order valence-corrected chi connectivity index (χ2v) is 11.5. The molecule has 0 aliphatic carbocycles. The van der Waals surface area contributed by atoms with E-state index in [0.717, 1.165) is 22.8 Å². The fourth-order valence-electron chi connectivity index (χ4n) is 5.84. The third-order valence-electron chi connectivity index (χ3n) is 8.45. The Balaban J connectivity index is 0.00000480. The van der Waals surface area contributed by atoms with Crippen LogP contribution in [0.3, 0.4) is 0 Å². The van der Waals surface area contributed by atoms with Gasteiger partial charge in [-0.2, -0.15) is 0 Å². The topological polar surface area (TPSA) is 181 Å². The van der Waals surface area contributed by atoms with E-state index in [2.05, 4.69) is 20.1 Å². The number of hydrogen-bond donors (Lipinski definition) is 3. The molecule has 3 aliphatic rings. The van der Waals surface area contributed by atoms with Crippen molar-refractivity contribution in [3.8, 4) is 11.4 Å². The number of aliphatic carboxylic acids is 3. The van der Waals surface area contributed by atoms with Gasteiger partial charge in [0.2, 0.25) is 0 Å². The van der Waals surface area contributed by atoms with Gasteiger partial charge in [0.1, 0.15) is 17.8 Å². The average Bonchev–Trinajstić information content (AvgIpc) is 3.46. The van der Waals surface area contributed by atoms with Gasteiger partial charge in [-0.1, -0.05) is 17.3 Å². The molecule has 3 aliphatic heterocycles. The van der Waals surface area contributed by atoms with Gasteiger partial charge >= 0.3 is 17.9 Å². The van der Waals surface area contributed by atoms with Gasteiger partial charge in [0, 0.05) is 102 Å². The van der Waals surface area contributed by atoms with Crippen LogP contribution in [0.1, 0.15) is 30.4 Å². The normalized spacial score (nSPS) is 21.2. The first kappa shape index (κ1) is 35.8. The smallest absolute Gasteiger partial charge is 0.321 e. The van der Waals surface area contributed by atoms with E-state index in [-0.39, 0.29) is 36.9 Å². The van der Waals surface area contributed by atoms with Crippen LogP contribution >= 0.6 is 0 Å². The van der Waals surface area contributed by atoms with Crippen LogP contribution in [0.5, 0.6) is 0 Å². The van der Waals surface area contributed by atoms with E-state index in [1.807, 2.05) is 41.3 Å². The molecular formula is C30H39LuN9O6. The first-order valence-electron chi connectivity index (χ1n) is 15.1. The maximum absolute atomic E-state index is 12.3. The standard InChI is InChI=1S/C30H39N9O6.Lu/c1-21(29(42)43)37-12-8-35-10-14-38(26(30(44)45)16-28(40)41)15-11-36(9-13-37)19-23-6-3-7-25(33-23)27-17-31-34-39(27)20-24-5-2-4-22(18-35)32-24;/h2-7,17,21,26H,8-16,18-20H2,1H3,(H,40,41)(H,42,43)(H,44,45);/t21-,26-;/m1./s1. The van der Waals surface area contributed by atoms with E-state index in [1.54, 1.807) is 22.7 Å². The summed E-state index contributed by atoms with van der Waals surface area (Å²) >= 11 is 0. The summed E-state index contributed by atoms with van der Waals surface area (Å²) in [4.78, 5) is 53.8. The summed E-state index contributed by atoms with van der Waals surface area (Å²) in [6, 6.07) is 9.57. The van der Waals surface area contributed by atoms with Crippen molar-refractivity contribution in [2.45, 2.75) is 45.1 Å². The van der Waals surface area contributed by atoms with Gasteiger partial charge < -0.3 is 15.3 Å². The molecule has 0 amide bonds. The van der Waals surface area contributed by atoms with Crippen LogP contribution in [-0.4, -0.2) is 142 Å². The van der Waals surface area contributed by atoms with Crippen molar-refractivity contribution in [1.29, 1.82) is 0 Å². The Morgan fingerprint density at radius 2 is 1.28 bits per heavy atom. The van der Waals surface area contributed by atoms with Gasteiger partial charge in [-0.05, 0) is 31.2 Å².